The van der Waals surface area contributed by atoms with Gasteiger partial charge >= 0.3 is 6.18 Å². The number of aromatic nitrogens is 3. The first-order valence-corrected chi connectivity index (χ1v) is 11.4. The van der Waals surface area contributed by atoms with Crippen molar-refractivity contribution >= 4 is 11.1 Å². The third-order valence-electron chi connectivity index (χ3n) is 6.45. The van der Waals surface area contributed by atoms with Gasteiger partial charge in [0.1, 0.15) is 0 Å². The molecule has 176 valence electrons. The summed E-state index contributed by atoms with van der Waals surface area (Å²) >= 11 is 0. The molecule has 0 radical (unpaired) electrons. The molecule has 8 heteroatoms. The second kappa shape index (κ2) is 9.19. The molecule has 0 unspecified atom stereocenters. The summed E-state index contributed by atoms with van der Waals surface area (Å²) in [4.78, 5) is 0. The fourth-order valence-corrected chi connectivity index (χ4v) is 4.62. The van der Waals surface area contributed by atoms with Gasteiger partial charge in [-0.3, -0.25) is 0 Å². The van der Waals surface area contributed by atoms with Gasteiger partial charge in [-0.1, -0.05) is 48.6 Å². The zero-order chi connectivity index (χ0) is 23.7. The van der Waals surface area contributed by atoms with E-state index < -0.39 is 11.7 Å². The molecule has 0 amide bonds. The van der Waals surface area contributed by atoms with E-state index in [2.05, 4.69) is 39.0 Å². The summed E-state index contributed by atoms with van der Waals surface area (Å²) in [5, 5.41) is 15.0. The minimum atomic E-state index is -4.46. The average Bonchev–Trinajstić information content (AvgIpc) is 3.25. The summed E-state index contributed by atoms with van der Waals surface area (Å²) in [6, 6.07) is 12.5. The van der Waals surface area contributed by atoms with Gasteiger partial charge in [-0.2, -0.15) is 13.2 Å². The van der Waals surface area contributed by atoms with Gasteiger partial charge in [0.2, 0.25) is 0 Å². The highest BCUT2D eigenvalue weighted by molar-refractivity contribution is 5.74. The maximum absolute atomic E-state index is 14.0. The highest BCUT2D eigenvalue weighted by atomic mass is 19.4. The molecule has 2 aliphatic rings. The van der Waals surface area contributed by atoms with Gasteiger partial charge in [0.15, 0.2) is 11.6 Å². The van der Waals surface area contributed by atoms with Crippen LogP contribution in [0.3, 0.4) is 0 Å². The highest BCUT2D eigenvalue weighted by Gasteiger charge is 2.35. The van der Waals surface area contributed by atoms with Gasteiger partial charge < -0.3 is 15.2 Å². The molecule has 0 saturated carbocycles. The highest BCUT2D eigenvalue weighted by Crippen LogP contribution is 2.39. The van der Waals surface area contributed by atoms with Crippen molar-refractivity contribution < 1.29 is 13.2 Å². The number of rotatable bonds is 4. The van der Waals surface area contributed by atoms with Crippen LogP contribution in [0.4, 0.5) is 13.2 Å². The molecular formula is C26H26F3N5. The maximum atomic E-state index is 14.0. The predicted octanol–water partition coefficient (Wildman–Crippen LogP) is 4.92. The van der Waals surface area contributed by atoms with Crippen molar-refractivity contribution in [2.24, 2.45) is 7.05 Å². The van der Waals surface area contributed by atoms with Gasteiger partial charge in [0.05, 0.1) is 5.56 Å². The van der Waals surface area contributed by atoms with Gasteiger partial charge in [0, 0.05) is 31.3 Å². The zero-order valence-electron chi connectivity index (χ0n) is 18.9. The molecule has 0 atom stereocenters. The first kappa shape index (κ1) is 22.6. The number of nitrogens with zero attached hydrogens (tertiary/aromatic N) is 3. The number of hydrogen-bond acceptors (Lipinski definition) is 4. The Kier molecular flexibility index (Phi) is 6.10. The normalized spacial score (nSPS) is 16.8. The third kappa shape index (κ3) is 4.43. The van der Waals surface area contributed by atoms with E-state index in [1.807, 2.05) is 18.2 Å². The van der Waals surface area contributed by atoms with Crippen molar-refractivity contribution in [3.63, 3.8) is 0 Å². The minimum Gasteiger partial charge on any atom is -0.313 e. The van der Waals surface area contributed by atoms with Gasteiger partial charge in [-0.15, -0.1) is 10.2 Å². The van der Waals surface area contributed by atoms with E-state index in [1.54, 1.807) is 23.7 Å². The van der Waals surface area contributed by atoms with Crippen molar-refractivity contribution in [1.82, 2.24) is 25.4 Å². The largest absolute Gasteiger partial charge is 0.417 e. The van der Waals surface area contributed by atoms with Crippen molar-refractivity contribution in [1.29, 1.82) is 0 Å². The van der Waals surface area contributed by atoms with Crippen molar-refractivity contribution in [2.75, 3.05) is 26.2 Å². The summed E-state index contributed by atoms with van der Waals surface area (Å²) in [6.45, 7) is 3.09. The van der Waals surface area contributed by atoms with E-state index >= 15 is 0 Å². The Morgan fingerprint density at radius 3 is 1.91 bits per heavy atom. The van der Waals surface area contributed by atoms with Gasteiger partial charge in [0.25, 0.3) is 0 Å². The lowest BCUT2D eigenvalue weighted by Crippen LogP contribution is -2.21. The fourth-order valence-electron chi connectivity index (χ4n) is 4.62. The molecule has 0 spiro atoms. The Morgan fingerprint density at radius 2 is 1.32 bits per heavy atom. The SMILES string of the molecule is Cn1c(-c2ccc(C3=CCNCC3)cc2)nnc1-c1ccc(C2=CCNCC2)c(C(F)(F)F)c1. The van der Waals surface area contributed by atoms with Crippen LogP contribution in [0.25, 0.3) is 33.9 Å². The Morgan fingerprint density at radius 1 is 0.765 bits per heavy atom. The number of nitrogens with one attached hydrogen (secondary N) is 2. The molecule has 3 aromatic rings. The summed E-state index contributed by atoms with van der Waals surface area (Å²) in [7, 11) is 1.78. The quantitative estimate of drug-likeness (QED) is 0.574. The Hall–Kier alpha value is -3.23. The first-order chi connectivity index (χ1) is 16.4. The smallest absolute Gasteiger partial charge is 0.313 e. The molecule has 0 aliphatic carbocycles. The van der Waals surface area contributed by atoms with Crippen LogP contribution in [-0.4, -0.2) is 40.9 Å². The summed E-state index contributed by atoms with van der Waals surface area (Å²) < 4.78 is 43.6. The molecule has 5 rings (SSSR count). The molecule has 34 heavy (non-hydrogen) atoms. The van der Waals surface area contributed by atoms with Gasteiger partial charge in [-0.25, -0.2) is 0 Å². The summed E-state index contributed by atoms with van der Waals surface area (Å²) in [5.41, 5.74) is 4.07. The second-order valence-corrected chi connectivity index (χ2v) is 8.61. The first-order valence-electron chi connectivity index (χ1n) is 11.4. The molecule has 5 nitrogen and oxygen atoms in total. The number of alkyl halides is 3. The van der Waals surface area contributed by atoms with Crippen LogP contribution < -0.4 is 10.6 Å². The molecule has 0 bridgehead atoms. The van der Waals surface area contributed by atoms with Crippen molar-refractivity contribution in [3.05, 3.63) is 71.3 Å². The van der Waals surface area contributed by atoms with Crippen LogP contribution in [0.5, 0.6) is 0 Å². The molecule has 2 aliphatic heterocycles. The molecule has 2 aromatic carbocycles. The van der Waals surface area contributed by atoms with E-state index in [0.29, 0.717) is 36.7 Å². The number of benzene rings is 2. The molecule has 1 aromatic heterocycles. The maximum Gasteiger partial charge on any atom is 0.417 e. The molecular weight excluding hydrogens is 439 g/mol. The number of hydrogen-bond donors (Lipinski definition) is 2. The van der Waals surface area contributed by atoms with E-state index in [1.165, 1.54) is 17.2 Å². The van der Waals surface area contributed by atoms with Crippen molar-refractivity contribution in [2.45, 2.75) is 19.0 Å². The van der Waals surface area contributed by atoms with Crippen LogP contribution >= 0.6 is 0 Å². The van der Waals surface area contributed by atoms with Crippen LogP contribution in [0.2, 0.25) is 0 Å². The Labute approximate surface area is 196 Å². The lowest BCUT2D eigenvalue weighted by Gasteiger charge is -2.19. The molecule has 3 heterocycles. The van der Waals surface area contributed by atoms with E-state index in [9.17, 15) is 13.2 Å². The molecule has 2 N–H and O–H groups in total. The monoisotopic (exact) mass is 465 g/mol. The summed E-state index contributed by atoms with van der Waals surface area (Å²) in [5.74, 6) is 1.01. The zero-order valence-corrected chi connectivity index (χ0v) is 18.9. The predicted molar refractivity (Wildman–Crippen MR) is 128 cm³/mol. The van der Waals surface area contributed by atoms with Crippen LogP contribution in [0.1, 0.15) is 29.5 Å². The molecule has 0 fully saturated rings. The van der Waals surface area contributed by atoms with Gasteiger partial charge in [-0.05, 0) is 54.3 Å². The van der Waals surface area contributed by atoms with Crippen LogP contribution in [0, 0.1) is 0 Å². The molecule has 0 saturated heterocycles. The lowest BCUT2D eigenvalue weighted by atomic mass is 9.93. The lowest BCUT2D eigenvalue weighted by molar-refractivity contribution is -0.137. The number of halogens is 3. The van der Waals surface area contributed by atoms with E-state index in [4.69, 9.17) is 0 Å². The Balaban J connectivity index is 1.48. The van der Waals surface area contributed by atoms with E-state index in [-0.39, 0.29) is 5.56 Å². The summed E-state index contributed by atoms with van der Waals surface area (Å²) in [6.07, 6.45) is 1.12. The average molecular weight is 466 g/mol. The Bertz CT molecular complexity index is 1250. The standard InChI is InChI=1S/C26H26F3N5/c1-34-24(20-4-2-17(3-5-20)18-8-12-30-13-9-18)32-33-25(34)21-6-7-22(19-10-14-31-15-11-19)23(16-21)26(27,28)29/h2-8,10,16,30-31H,9,11-15H2,1H3. The van der Waals surface area contributed by atoms with Crippen LogP contribution in [0.15, 0.2) is 54.6 Å². The third-order valence-corrected chi connectivity index (χ3v) is 6.45. The van der Waals surface area contributed by atoms with Crippen LogP contribution in [-0.2, 0) is 13.2 Å². The minimum absolute atomic E-state index is 0.239. The topological polar surface area (TPSA) is 54.8 Å². The second-order valence-electron chi connectivity index (χ2n) is 8.61. The van der Waals surface area contributed by atoms with E-state index in [0.717, 1.165) is 30.6 Å². The fraction of sp³-hybridized carbons (Fsp3) is 0.308. The van der Waals surface area contributed by atoms with Crippen molar-refractivity contribution in [3.8, 4) is 22.8 Å².